The Hall–Kier alpha value is -4.49. The number of aliphatic hydroxyl groups is 1. The van der Waals surface area contributed by atoms with Gasteiger partial charge in [0.15, 0.2) is 34.7 Å². The number of hydrogen-bond acceptors (Lipinski definition) is 10. The minimum atomic E-state index is -2.89. The van der Waals surface area contributed by atoms with E-state index in [1.54, 1.807) is 30.3 Å². The van der Waals surface area contributed by atoms with Crippen LogP contribution in [0.1, 0.15) is 22.3 Å². The molecule has 2 amide bonds. The van der Waals surface area contributed by atoms with Crippen LogP contribution in [0.15, 0.2) is 36.4 Å². The summed E-state index contributed by atoms with van der Waals surface area (Å²) in [5.74, 6) is -14.2. The number of rotatable bonds is 6. The molecule has 13 heteroatoms. The lowest BCUT2D eigenvalue weighted by molar-refractivity contribution is -0.181. The minimum Gasteiger partial charge on any atom is -0.505 e. The number of anilines is 2. The number of phenolic OH excluding ortho intramolecular Hbond substituents is 1. The van der Waals surface area contributed by atoms with Gasteiger partial charge in [-0.2, -0.15) is 0 Å². The molecule has 2 aromatic carbocycles. The van der Waals surface area contributed by atoms with E-state index in [-0.39, 0.29) is 24.9 Å². The largest absolute Gasteiger partial charge is 0.505 e. The predicted octanol–water partition coefficient (Wildman–Crippen LogP) is 0.0567. The number of ketones is 4. The number of halogens is 1. The first-order valence-electron chi connectivity index (χ1n) is 13.3. The Kier molecular flexibility index (Phi) is 7.19. The molecule has 0 saturated heterocycles. The number of Topliss-reactive ketones (excluding diaryl/α,β-unsaturated/α-hetero) is 4. The van der Waals surface area contributed by atoms with E-state index in [9.17, 15) is 39.0 Å². The van der Waals surface area contributed by atoms with Gasteiger partial charge < -0.3 is 26.6 Å². The summed E-state index contributed by atoms with van der Waals surface area (Å²) >= 11 is 0. The molecule has 0 spiro atoms. The molecule has 42 heavy (non-hydrogen) atoms. The van der Waals surface area contributed by atoms with Crippen LogP contribution in [0.25, 0.3) is 0 Å². The van der Waals surface area contributed by atoms with Crippen molar-refractivity contribution >= 4 is 46.3 Å². The summed E-state index contributed by atoms with van der Waals surface area (Å²) in [5.41, 5.74) is 1.91. The number of carbonyl (C=O) groups excluding carboxylic acids is 6. The summed E-state index contributed by atoms with van der Waals surface area (Å²) in [4.78, 5) is 80.0. The molecule has 2 unspecified atom stereocenters. The molecular weight excluding hydrogens is 551 g/mol. The Labute approximate surface area is 239 Å². The van der Waals surface area contributed by atoms with Gasteiger partial charge in [-0.1, -0.05) is 18.2 Å². The van der Waals surface area contributed by atoms with E-state index in [2.05, 4.69) is 10.6 Å². The van der Waals surface area contributed by atoms with Crippen molar-refractivity contribution in [2.24, 2.45) is 29.4 Å². The Morgan fingerprint density at radius 2 is 1.79 bits per heavy atom. The van der Waals surface area contributed by atoms with E-state index in [1.165, 1.54) is 19.0 Å². The maximum Gasteiger partial charge on any atom is 0.243 e. The number of aromatic hydroxyl groups is 1. The second-order valence-corrected chi connectivity index (χ2v) is 11.2. The predicted molar refractivity (Wildman–Crippen MR) is 145 cm³/mol. The summed E-state index contributed by atoms with van der Waals surface area (Å²) in [6, 6.07) is 8.35. The molecule has 0 heterocycles. The molecular formula is C29H29FN4O8. The lowest BCUT2D eigenvalue weighted by Crippen LogP contribution is -2.74. The van der Waals surface area contributed by atoms with E-state index in [1.807, 2.05) is 0 Å². The molecule has 2 saturated carbocycles. The summed E-state index contributed by atoms with van der Waals surface area (Å²) < 4.78 is 15.4. The van der Waals surface area contributed by atoms with E-state index < -0.39 is 93.1 Å². The quantitative estimate of drug-likeness (QED) is 0.230. The van der Waals surface area contributed by atoms with Gasteiger partial charge in [0.2, 0.25) is 11.8 Å². The maximum absolute atomic E-state index is 15.4. The van der Waals surface area contributed by atoms with E-state index in [0.29, 0.717) is 5.69 Å². The van der Waals surface area contributed by atoms with Crippen molar-refractivity contribution < 1.29 is 43.4 Å². The topological polar surface area (TPSA) is 196 Å². The van der Waals surface area contributed by atoms with Crippen LogP contribution in [0.3, 0.4) is 0 Å². The van der Waals surface area contributed by atoms with Gasteiger partial charge in [0.05, 0.1) is 29.8 Å². The molecule has 0 aliphatic heterocycles. The van der Waals surface area contributed by atoms with Gasteiger partial charge in [0.1, 0.15) is 11.6 Å². The highest BCUT2D eigenvalue weighted by Gasteiger charge is 2.69. The number of likely N-dealkylation sites (N-methyl/N-ethyl adjacent to an activating group) is 1. The number of fused-ring (bicyclic) bond motifs is 3. The van der Waals surface area contributed by atoms with Crippen molar-refractivity contribution in [3.63, 3.8) is 0 Å². The van der Waals surface area contributed by atoms with Crippen molar-refractivity contribution in [1.82, 2.24) is 4.90 Å². The van der Waals surface area contributed by atoms with Crippen molar-refractivity contribution in [2.45, 2.75) is 24.5 Å². The molecule has 0 aromatic heterocycles. The molecule has 12 nitrogen and oxygen atoms in total. The number of hydrogen-bond donors (Lipinski definition) is 5. The van der Waals surface area contributed by atoms with Crippen molar-refractivity contribution in [1.29, 1.82) is 0 Å². The zero-order valence-corrected chi connectivity index (χ0v) is 22.7. The standard InChI is InChI=1S/C29H29FN4O8/c1-34(2)22-15-9-12-8-14-16(30)10-17(33-18(35)11-32-13-6-4-3-5-7-13)23(36)20(14)24(37)19(12)26(39)29(15,42)27(40)21(25(22)38)28(31)41/h3-7,10,12,15,19,21-22,32,36,42H,8-9,11H2,1-2H3,(H2,31,41)(H,33,35)/t12-,15-,19?,21?,22-,29-/m0/s1. The van der Waals surface area contributed by atoms with E-state index in [0.717, 1.165) is 6.07 Å². The first-order valence-corrected chi connectivity index (χ1v) is 13.3. The molecule has 220 valence electrons. The zero-order valence-electron chi connectivity index (χ0n) is 22.7. The minimum absolute atomic E-state index is 0.192. The number of nitrogens with one attached hydrogen (secondary N) is 2. The van der Waals surface area contributed by atoms with Gasteiger partial charge in [0, 0.05) is 23.2 Å². The lowest BCUT2D eigenvalue weighted by atomic mass is 9.52. The number of carbonyl (C=O) groups is 6. The number of nitrogens with zero attached hydrogens (tertiary/aromatic N) is 1. The molecule has 2 aromatic rings. The van der Waals surface area contributed by atoms with Gasteiger partial charge in [-0.3, -0.25) is 33.7 Å². The average Bonchev–Trinajstić information content (AvgIpc) is 2.92. The van der Waals surface area contributed by atoms with Gasteiger partial charge in [-0.15, -0.1) is 0 Å². The van der Waals surface area contributed by atoms with Crippen LogP contribution >= 0.6 is 0 Å². The Bertz CT molecular complexity index is 1540. The average molecular weight is 581 g/mol. The Balaban J connectivity index is 1.49. The second kappa shape index (κ2) is 10.4. The number of nitrogens with two attached hydrogens (primary N) is 1. The molecule has 0 bridgehead atoms. The van der Waals surface area contributed by atoms with Gasteiger partial charge >= 0.3 is 0 Å². The third-order valence-electron chi connectivity index (χ3n) is 8.51. The lowest BCUT2D eigenvalue weighted by Gasteiger charge is -2.52. The van der Waals surface area contributed by atoms with Crippen LogP contribution in [0.5, 0.6) is 5.75 Å². The first-order chi connectivity index (χ1) is 19.8. The summed E-state index contributed by atoms with van der Waals surface area (Å²) in [6.07, 6.45) is -0.428. The van der Waals surface area contributed by atoms with Gasteiger partial charge in [-0.05, 0) is 45.0 Å². The fourth-order valence-electron chi connectivity index (χ4n) is 6.65. The SMILES string of the molecule is CN(C)[C@@H]1C(=O)C(C(N)=O)C(=O)[C@@]2(O)C(=O)C3C(=O)c4c(O)c(NC(=O)CNc5ccccc5)cc(F)c4C[C@H]3C[C@@H]12. The van der Waals surface area contributed by atoms with E-state index >= 15 is 4.39 Å². The summed E-state index contributed by atoms with van der Waals surface area (Å²) in [6.45, 7) is -0.247. The molecule has 6 atom stereocenters. The van der Waals surface area contributed by atoms with Crippen LogP contribution in [0, 0.1) is 29.5 Å². The molecule has 3 aliphatic rings. The Morgan fingerprint density at radius 1 is 1.12 bits per heavy atom. The van der Waals surface area contributed by atoms with E-state index in [4.69, 9.17) is 5.73 Å². The fraction of sp³-hybridized carbons (Fsp3) is 0.379. The number of primary amides is 1. The number of benzene rings is 2. The Morgan fingerprint density at radius 3 is 2.40 bits per heavy atom. The van der Waals surface area contributed by atoms with Crippen molar-refractivity contribution in [3.05, 3.63) is 53.3 Å². The third kappa shape index (κ3) is 4.36. The smallest absolute Gasteiger partial charge is 0.243 e. The summed E-state index contributed by atoms with van der Waals surface area (Å²) in [5, 5.41) is 27.8. The number of para-hydroxylation sites is 1. The van der Waals surface area contributed by atoms with Gasteiger partial charge in [0.25, 0.3) is 0 Å². The first kappa shape index (κ1) is 29.0. The molecule has 3 aliphatic carbocycles. The molecule has 5 rings (SSSR count). The van der Waals surface area contributed by atoms with Crippen molar-refractivity contribution in [3.8, 4) is 5.75 Å². The zero-order chi connectivity index (χ0) is 30.7. The van der Waals surface area contributed by atoms with Gasteiger partial charge in [-0.25, -0.2) is 4.39 Å². The summed E-state index contributed by atoms with van der Waals surface area (Å²) in [7, 11) is 2.94. The monoisotopic (exact) mass is 580 g/mol. The van der Waals surface area contributed by atoms with Crippen LogP contribution in [-0.4, -0.2) is 82.3 Å². The highest BCUT2D eigenvalue weighted by Crippen LogP contribution is 2.51. The second-order valence-electron chi connectivity index (χ2n) is 11.2. The molecule has 0 radical (unpaired) electrons. The van der Waals surface area contributed by atoms with Crippen LogP contribution < -0.4 is 16.4 Å². The number of amides is 2. The molecule has 6 N–H and O–H groups in total. The molecule has 2 fully saturated rings. The highest BCUT2D eigenvalue weighted by atomic mass is 19.1. The van der Waals surface area contributed by atoms with Crippen LogP contribution in [-0.2, 0) is 30.4 Å². The third-order valence-corrected chi connectivity index (χ3v) is 8.51. The van der Waals surface area contributed by atoms with Crippen LogP contribution in [0.2, 0.25) is 0 Å². The normalized spacial score (nSPS) is 28.5. The number of phenols is 1. The maximum atomic E-state index is 15.4. The van der Waals surface area contributed by atoms with Crippen molar-refractivity contribution in [2.75, 3.05) is 31.3 Å². The van der Waals surface area contributed by atoms with Crippen LogP contribution in [0.4, 0.5) is 15.8 Å². The highest BCUT2D eigenvalue weighted by molar-refractivity contribution is 6.32. The fourth-order valence-corrected chi connectivity index (χ4v) is 6.65.